The summed E-state index contributed by atoms with van der Waals surface area (Å²) in [5, 5.41) is 5.06. The predicted octanol–water partition coefficient (Wildman–Crippen LogP) is 3.09. The minimum absolute atomic E-state index is 0.147. The van der Waals surface area contributed by atoms with E-state index in [0.717, 1.165) is 6.07 Å². The Balaban J connectivity index is 3.14. The van der Waals surface area contributed by atoms with Gasteiger partial charge in [-0.25, -0.2) is 0 Å². The lowest BCUT2D eigenvalue weighted by Gasteiger charge is -2.16. The van der Waals surface area contributed by atoms with Crippen LogP contribution in [0.4, 0.5) is 24.5 Å². The van der Waals surface area contributed by atoms with Crippen LogP contribution in [0.25, 0.3) is 0 Å². The third-order valence-corrected chi connectivity index (χ3v) is 2.89. The molecule has 0 atom stereocenters. The van der Waals surface area contributed by atoms with Gasteiger partial charge in [0.1, 0.15) is 6.61 Å². The molecule has 0 aromatic heterocycles. The van der Waals surface area contributed by atoms with Gasteiger partial charge in [-0.05, 0) is 12.1 Å². The van der Waals surface area contributed by atoms with Crippen LogP contribution in [0.3, 0.4) is 0 Å². The SMILES string of the molecule is CNc1cc(C(F)(F)F)c(Br)cc1NC(=O)COC. The lowest BCUT2D eigenvalue weighted by Crippen LogP contribution is -2.18. The fourth-order valence-electron chi connectivity index (χ4n) is 1.42. The molecule has 0 aliphatic carbocycles. The molecule has 0 aliphatic rings. The first-order chi connectivity index (χ1) is 8.79. The number of halogens is 4. The molecule has 19 heavy (non-hydrogen) atoms. The van der Waals surface area contributed by atoms with Gasteiger partial charge >= 0.3 is 6.18 Å². The van der Waals surface area contributed by atoms with Crippen LogP contribution >= 0.6 is 15.9 Å². The lowest BCUT2D eigenvalue weighted by molar-refractivity contribution is -0.138. The predicted molar refractivity (Wildman–Crippen MR) is 69.2 cm³/mol. The normalized spacial score (nSPS) is 11.3. The van der Waals surface area contributed by atoms with Gasteiger partial charge in [-0.1, -0.05) is 15.9 Å². The molecule has 1 amide bonds. The molecule has 0 fully saturated rings. The maximum atomic E-state index is 12.7. The summed E-state index contributed by atoms with van der Waals surface area (Å²) in [6, 6.07) is 2.12. The average Bonchev–Trinajstić information content (AvgIpc) is 2.27. The van der Waals surface area contributed by atoms with Gasteiger partial charge in [0.25, 0.3) is 0 Å². The van der Waals surface area contributed by atoms with Crippen molar-refractivity contribution in [1.82, 2.24) is 0 Å². The topological polar surface area (TPSA) is 50.4 Å². The molecule has 106 valence electrons. The Kier molecular flexibility index (Phi) is 5.19. The number of rotatable bonds is 4. The van der Waals surface area contributed by atoms with Crippen molar-refractivity contribution < 1.29 is 22.7 Å². The molecule has 0 bridgehead atoms. The molecule has 0 saturated carbocycles. The monoisotopic (exact) mass is 340 g/mol. The van der Waals surface area contributed by atoms with Crippen molar-refractivity contribution in [3.8, 4) is 0 Å². The zero-order valence-electron chi connectivity index (χ0n) is 10.2. The number of amides is 1. The van der Waals surface area contributed by atoms with E-state index in [-0.39, 0.29) is 22.5 Å². The first kappa shape index (κ1) is 15.8. The number of ether oxygens (including phenoxy) is 1. The molecule has 0 radical (unpaired) electrons. The Morgan fingerprint density at radius 2 is 2.00 bits per heavy atom. The highest BCUT2D eigenvalue weighted by molar-refractivity contribution is 9.10. The molecule has 1 rings (SSSR count). The van der Waals surface area contributed by atoms with Crippen molar-refractivity contribution >= 4 is 33.2 Å². The van der Waals surface area contributed by atoms with E-state index in [0.29, 0.717) is 0 Å². The molecule has 1 aromatic rings. The standard InChI is InChI=1S/C11H12BrF3N2O2/c1-16-8-3-6(11(13,14)15)7(12)4-9(8)17-10(18)5-19-2/h3-4,16H,5H2,1-2H3,(H,17,18). The summed E-state index contributed by atoms with van der Waals surface area (Å²) in [6.45, 7) is -0.179. The summed E-state index contributed by atoms with van der Waals surface area (Å²) in [7, 11) is 2.82. The van der Waals surface area contributed by atoms with Gasteiger partial charge in [0, 0.05) is 18.6 Å². The second kappa shape index (κ2) is 6.25. The first-order valence-electron chi connectivity index (χ1n) is 5.17. The number of hydrogen-bond donors (Lipinski definition) is 2. The number of benzene rings is 1. The van der Waals surface area contributed by atoms with E-state index < -0.39 is 17.6 Å². The largest absolute Gasteiger partial charge is 0.417 e. The Morgan fingerprint density at radius 3 is 2.47 bits per heavy atom. The van der Waals surface area contributed by atoms with Gasteiger partial charge in [-0.15, -0.1) is 0 Å². The Morgan fingerprint density at radius 1 is 1.37 bits per heavy atom. The molecule has 0 aliphatic heterocycles. The molecule has 0 unspecified atom stereocenters. The lowest BCUT2D eigenvalue weighted by atomic mass is 10.1. The van der Waals surface area contributed by atoms with Crippen molar-refractivity contribution in [3.05, 3.63) is 22.2 Å². The second-order valence-corrected chi connectivity index (χ2v) is 4.46. The van der Waals surface area contributed by atoms with E-state index in [9.17, 15) is 18.0 Å². The van der Waals surface area contributed by atoms with Crippen LogP contribution in [-0.4, -0.2) is 26.7 Å². The quantitative estimate of drug-likeness (QED) is 0.885. The highest BCUT2D eigenvalue weighted by Gasteiger charge is 2.33. The van der Waals surface area contributed by atoms with Gasteiger partial charge < -0.3 is 15.4 Å². The third-order valence-electron chi connectivity index (χ3n) is 2.23. The van der Waals surface area contributed by atoms with E-state index in [1.807, 2.05) is 0 Å². The first-order valence-corrected chi connectivity index (χ1v) is 5.96. The van der Waals surface area contributed by atoms with E-state index in [4.69, 9.17) is 0 Å². The number of alkyl halides is 3. The summed E-state index contributed by atoms with van der Waals surface area (Å²) in [6.07, 6.45) is -4.47. The highest BCUT2D eigenvalue weighted by atomic mass is 79.9. The minimum atomic E-state index is -4.47. The van der Waals surface area contributed by atoms with E-state index >= 15 is 0 Å². The molecule has 4 nitrogen and oxygen atoms in total. The summed E-state index contributed by atoms with van der Waals surface area (Å²) in [5.74, 6) is -0.453. The van der Waals surface area contributed by atoms with Crippen LogP contribution in [0.2, 0.25) is 0 Å². The van der Waals surface area contributed by atoms with Crippen LogP contribution < -0.4 is 10.6 Å². The Bertz CT molecular complexity index is 478. The second-order valence-electron chi connectivity index (χ2n) is 3.61. The molecule has 8 heteroatoms. The van der Waals surface area contributed by atoms with Gasteiger partial charge in [0.05, 0.1) is 16.9 Å². The minimum Gasteiger partial charge on any atom is -0.386 e. The summed E-state index contributed by atoms with van der Waals surface area (Å²) < 4.78 is 42.6. The molecule has 0 spiro atoms. The van der Waals surface area contributed by atoms with Crippen molar-refractivity contribution in [2.75, 3.05) is 31.4 Å². The number of hydrogen-bond acceptors (Lipinski definition) is 3. The van der Waals surface area contributed by atoms with Gasteiger partial charge in [0.15, 0.2) is 0 Å². The maximum Gasteiger partial charge on any atom is 0.417 e. The van der Waals surface area contributed by atoms with Crippen molar-refractivity contribution in [3.63, 3.8) is 0 Å². The van der Waals surface area contributed by atoms with Crippen LogP contribution in [0.5, 0.6) is 0 Å². The average molecular weight is 341 g/mol. The summed E-state index contributed by atoms with van der Waals surface area (Å²) in [5.41, 5.74) is -0.411. The number of carbonyl (C=O) groups is 1. The molecular weight excluding hydrogens is 329 g/mol. The Hall–Kier alpha value is -1.28. The smallest absolute Gasteiger partial charge is 0.386 e. The Labute approximate surface area is 116 Å². The van der Waals surface area contributed by atoms with E-state index in [1.165, 1.54) is 20.2 Å². The van der Waals surface area contributed by atoms with Crippen LogP contribution in [0.1, 0.15) is 5.56 Å². The highest BCUT2D eigenvalue weighted by Crippen LogP contribution is 2.39. The molecule has 1 aromatic carbocycles. The zero-order valence-corrected chi connectivity index (χ0v) is 11.8. The summed E-state index contributed by atoms with van der Waals surface area (Å²) in [4.78, 5) is 11.4. The van der Waals surface area contributed by atoms with Gasteiger partial charge in [-0.3, -0.25) is 4.79 Å². The number of nitrogens with one attached hydrogen (secondary N) is 2. The van der Waals surface area contributed by atoms with Gasteiger partial charge in [0.2, 0.25) is 5.91 Å². The van der Waals surface area contributed by atoms with E-state index in [2.05, 4.69) is 31.3 Å². The third kappa shape index (κ3) is 4.10. The van der Waals surface area contributed by atoms with Crippen molar-refractivity contribution in [1.29, 1.82) is 0 Å². The summed E-state index contributed by atoms with van der Waals surface area (Å²) >= 11 is 2.84. The van der Waals surface area contributed by atoms with Crippen molar-refractivity contribution in [2.45, 2.75) is 6.18 Å². The van der Waals surface area contributed by atoms with E-state index in [1.54, 1.807) is 0 Å². The fraction of sp³-hybridized carbons (Fsp3) is 0.364. The number of methoxy groups -OCH3 is 1. The number of anilines is 2. The molecule has 0 saturated heterocycles. The van der Waals surface area contributed by atoms with Crippen molar-refractivity contribution in [2.24, 2.45) is 0 Å². The van der Waals surface area contributed by atoms with Crippen LogP contribution in [0.15, 0.2) is 16.6 Å². The molecule has 0 heterocycles. The zero-order chi connectivity index (χ0) is 14.6. The number of carbonyl (C=O) groups excluding carboxylic acids is 1. The molecule has 2 N–H and O–H groups in total. The fourth-order valence-corrected chi connectivity index (χ4v) is 1.99. The molecular formula is C11H12BrF3N2O2. The van der Waals surface area contributed by atoms with Crippen LogP contribution in [0, 0.1) is 0 Å². The maximum absolute atomic E-state index is 12.7. The van der Waals surface area contributed by atoms with Gasteiger partial charge in [-0.2, -0.15) is 13.2 Å². The van der Waals surface area contributed by atoms with Crippen LogP contribution in [-0.2, 0) is 15.7 Å².